The fourth-order valence-corrected chi connectivity index (χ4v) is 2.82. The molecule has 174 valence electrons. The zero-order valence-corrected chi connectivity index (χ0v) is 21.9. The Kier molecular flexibility index (Phi) is 12.9. The van der Waals surface area contributed by atoms with Crippen molar-refractivity contribution >= 4 is 36.0 Å². The summed E-state index contributed by atoms with van der Waals surface area (Å²) in [6.07, 6.45) is 3.70. The molecule has 1 aromatic heterocycles. The number of alkyl carbamates (subject to hydrolysis) is 1. The zero-order chi connectivity index (χ0) is 21.9. The van der Waals surface area contributed by atoms with Gasteiger partial charge in [-0.2, -0.15) is 0 Å². The van der Waals surface area contributed by atoms with Crippen molar-refractivity contribution in [2.24, 2.45) is 4.99 Å². The molecule has 0 aliphatic carbocycles. The summed E-state index contributed by atoms with van der Waals surface area (Å²) in [5, 5.41) is 17.7. The molecule has 1 amide bonds. The average Bonchev–Trinajstić information content (AvgIpc) is 3.11. The summed E-state index contributed by atoms with van der Waals surface area (Å²) in [5.41, 5.74) is -0.981. The van der Waals surface area contributed by atoms with Gasteiger partial charge in [-0.25, -0.2) is 4.79 Å². The van der Waals surface area contributed by atoms with E-state index in [0.717, 1.165) is 44.1 Å². The van der Waals surface area contributed by atoms with Gasteiger partial charge in [0, 0.05) is 26.1 Å². The van der Waals surface area contributed by atoms with Gasteiger partial charge in [-0.1, -0.05) is 20.8 Å². The minimum Gasteiger partial charge on any atom is -0.444 e. The highest BCUT2D eigenvalue weighted by atomic mass is 127. The van der Waals surface area contributed by atoms with Gasteiger partial charge >= 0.3 is 6.09 Å². The van der Waals surface area contributed by atoms with Gasteiger partial charge in [0.05, 0.1) is 12.1 Å². The first-order valence-corrected chi connectivity index (χ1v) is 10.6. The quantitative estimate of drug-likeness (QED) is 0.241. The minimum atomic E-state index is -0.531. The molecule has 0 spiro atoms. The number of ether oxygens (including phenoxy) is 1. The molecule has 0 saturated carbocycles. The Morgan fingerprint density at radius 1 is 1.17 bits per heavy atom. The molecule has 30 heavy (non-hydrogen) atoms. The fourth-order valence-electron chi connectivity index (χ4n) is 2.82. The molecular formula is C20H40IN7O2. The third-order valence-corrected chi connectivity index (χ3v) is 4.66. The number of carbonyl (C=O) groups excluding carboxylic acids is 1. The monoisotopic (exact) mass is 537 g/mol. The van der Waals surface area contributed by atoms with Crippen LogP contribution in [0.5, 0.6) is 0 Å². The predicted octanol–water partition coefficient (Wildman–Crippen LogP) is 3.10. The van der Waals surface area contributed by atoms with E-state index in [0.29, 0.717) is 13.1 Å². The van der Waals surface area contributed by atoms with Gasteiger partial charge in [0.15, 0.2) is 5.96 Å². The lowest BCUT2D eigenvalue weighted by molar-refractivity contribution is 0.0452. The van der Waals surface area contributed by atoms with Crippen molar-refractivity contribution < 1.29 is 9.53 Å². The molecule has 0 radical (unpaired) electrons. The van der Waals surface area contributed by atoms with Crippen molar-refractivity contribution in [1.29, 1.82) is 0 Å². The highest BCUT2D eigenvalue weighted by Crippen LogP contribution is 2.17. The molecule has 0 fully saturated rings. The highest BCUT2D eigenvalue weighted by Gasteiger charge is 2.30. The Labute approximate surface area is 198 Å². The number of amides is 1. The highest BCUT2D eigenvalue weighted by molar-refractivity contribution is 14.0. The molecule has 1 rings (SSSR count). The van der Waals surface area contributed by atoms with E-state index < -0.39 is 17.2 Å². The number of aromatic nitrogens is 3. The van der Waals surface area contributed by atoms with Crippen molar-refractivity contribution in [2.75, 3.05) is 19.6 Å². The Morgan fingerprint density at radius 3 is 2.37 bits per heavy atom. The largest absolute Gasteiger partial charge is 0.444 e. The van der Waals surface area contributed by atoms with Crippen molar-refractivity contribution in [1.82, 2.24) is 30.7 Å². The third-order valence-electron chi connectivity index (χ3n) is 4.66. The summed E-state index contributed by atoms with van der Waals surface area (Å²) in [7, 11) is 0. The van der Waals surface area contributed by atoms with Crippen LogP contribution in [0.3, 0.4) is 0 Å². The second kappa shape index (κ2) is 13.7. The average molecular weight is 537 g/mol. The number of hydrogen-bond donors (Lipinski definition) is 3. The lowest BCUT2D eigenvalue weighted by Gasteiger charge is -2.32. The fraction of sp³-hybridized carbons (Fsp3) is 0.800. The Morgan fingerprint density at radius 2 is 1.83 bits per heavy atom. The molecule has 0 aliphatic rings. The van der Waals surface area contributed by atoms with Crippen molar-refractivity contribution in [3.05, 3.63) is 12.2 Å². The molecule has 3 N–H and O–H groups in total. The number of nitrogens with one attached hydrogen (secondary N) is 3. The van der Waals surface area contributed by atoms with Crippen LogP contribution in [0.25, 0.3) is 0 Å². The van der Waals surface area contributed by atoms with Crippen LogP contribution in [0.4, 0.5) is 4.79 Å². The van der Waals surface area contributed by atoms with Crippen LogP contribution in [0.15, 0.2) is 11.3 Å². The van der Waals surface area contributed by atoms with E-state index in [4.69, 9.17) is 9.73 Å². The maximum atomic E-state index is 12.3. The number of nitrogens with zero attached hydrogens (tertiary/aromatic N) is 4. The molecule has 0 atom stereocenters. The number of aryl methyl sites for hydroxylation is 1. The maximum absolute atomic E-state index is 12.3. The molecule has 0 bridgehead atoms. The summed E-state index contributed by atoms with van der Waals surface area (Å²) in [6, 6.07) is 0. The first-order chi connectivity index (χ1) is 13.7. The molecule has 9 nitrogen and oxygen atoms in total. The van der Waals surface area contributed by atoms with Gasteiger partial charge in [-0.3, -0.25) is 4.99 Å². The number of guanidine groups is 1. The summed E-state index contributed by atoms with van der Waals surface area (Å²) < 4.78 is 7.47. The van der Waals surface area contributed by atoms with Crippen molar-refractivity contribution in [2.45, 2.75) is 85.4 Å². The molecule has 1 aromatic rings. The first kappa shape index (κ1) is 28.4. The first-order valence-electron chi connectivity index (χ1n) is 10.6. The predicted molar refractivity (Wildman–Crippen MR) is 131 cm³/mol. The molecule has 10 heteroatoms. The molecule has 0 unspecified atom stereocenters. The third kappa shape index (κ3) is 9.94. The number of carbonyl (C=O) groups is 1. The standard InChI is InChI=1S/C20H39N7O2.HI/c1-8-16-26-24-15-27(16)13-12-22-17(21-11-4)23-14-20(9-2,10-3)25-18(28)29-19(5,6)7;/h15H,8-14H2,1-7H3,(H,25,28)(H2,21,22,23);1H. The van der Waals surface area contributed by atoms with Gasteiger partial charge < -0.3 is 25.3 Å². The topological polar surface area (TPSA) is 105 Å². The normalized spacial score (nSPS) is 12.2. The van der Waals surface area contributed by atoms with E-state index in [-0.39, 0.29) is 24.0 Å². The lowest BCUT2D eigenvalue weighted by Crippen LogP contribution is -2.52. The Bertz CT molecular complexity index is 652. The molecule has 0 aliphatic heterocycles. The van der Waals surface area contributed by atoms with E-state index in [1.807, 2.05) is 32.3 Å². The van der Waals surface area contributed by atoms with E-state index in [1.54, 1.807) is 6.33 Å². The molecule has 1 heterocycles. The second-order valence-electron chi connectivity index (χ2n) is 8.03. The summed E-state index contributed by atoms with van der Waals surface area (Å²) in [4.78, 5) is 17.0. The summed E-state index contributed by atoms with van der Waals surface area (Å²) >= 11 is 0. The van der Waals surface area contributed by atoms with Gasteiger partial charge in [0.2, 0.25) is 0 Å². The van der Waals surface area contributed by atoms with Gasteiger partial charge in [0.25, 0.3) is 0 Å². The zero-order valence-electron chi connectivity index (χ0n) is 19.5. The number of aliphatic imine (C=N–C) groups is 1. The number of halogens is 1. The smallest absolute Gasteiger partial charge is 0.408 e. The van der Waals surface area contributed by atoms with E-state index in [1.165, 1.54) is 0 Å². The van der Waals surface area contributed by atoms with Crippen molar-refractivity contribution in [3.63, 3.8) is 0 Å². The van der Waals surface area contributed by atoms with Gasteiger partial charge in [-0.05, 0) is 40.5 Å². The molecule has 0 saturated heterocycles. The Balaban J connectivity index is 0.00000841. The van der Waals surface area contributed by atoms with Crippen LogP contribution in [-0.2, 0) is 17.7 Å². The van der Waals surface area contributed by atoms with Crippen LogP contribution in [0.1, 0.15) is 67.1 Å². The molecule has 0 aromatic carbocycles. The van der Waals surface area contributed by atoms with Crippen LogP contribution < -0.4 is 16.0 Å². The maximum Gasteiger partial charge on any atom is 0.408 e. The van der Waals surface area contributed by atoms with E-state index in [2.05, 4.69) is 46.9 Å². The lowest BCUT2D eigenvalue weighted by atomic mass is 9.93. The van der Waals surface area contributed by atoms with Crippen LogP contribution in [-0.4, -0.2) is 57.6 Å². The summed E-state index contributed by atoms with van der Waals surface area (Å²) in [5.74, 6) is 1.68. The van der Waals surface area contributed by atoms with Crippen molar-refractivity contribution in [3.8, 4) is 0 Å². The van der Waals surface area contributed by atoms with E-state index in [9.17, 15) is 4.79 Å². The SMILES string of the molecule is CCNC(=NCC(CC)(CC)NC(=O)OC(C)(C)C)NCCn1cnnc1CC.I. The van der Waals surface area contributed by atoms with Crippen LogP contribution in [0.2, 0.25) is 0 Å². The Hall–Kier alpha value is -1.59. The summed E-state index contributed by atoms with van der Waals surface area (Å²) in [6.45, 7) is 16.4. The van der Waals surface area contributed by atoms with Crippen LogP contribution >= 0.6 is 24.0 Å². The van der Waals surface area contributed by atoms with E-state index >= 15 is 0 Å². The minimum absolute atomic E-state index is 0. The second-order valence-corrected chi connectivity index (χ2v) is 8.03. The van der Waals surface area contributed by atoms with Crippen LogP contribution in [0, 0.1) is 0 Å². The number of hydrogen-bond acceptors (Lipinski definition) is 5. The van der Waals surface area contributed by atoms with Gasteiger partial charge in [0.1, 0.15) is 17.8 Å². The van der Waals surface area contributed by atoms with Gasteiger partial charge in [-0.15, -0.1) is 34.2 Å². The molecular weight excluding hydrogens is 497 g/mol. The number of rotatable bonds is 10.